The second-order valence-corrected chi connectivity index (χ2v) is 6.60. The number of imidazole rings is 1. The van der Waals surface area contributed by atoms with Gasteiger partial charge in [-0.3, -0.25) is 5.01 Å². The molecular weight excluding hydrogens is 339 g/mol. The van der Waals surface area contributed by atoms with Crippen molar-refractivity contribution in [3.05, 3.63) is 96.1 Å². The predicted molar refractivity (Wildman–Crippen MR) is 105 cm³/mol. The molecule has 4 nitrogen and oxygen atoms in total. The first-order valence-corrected chi connectivity index (χ1v) is 8.90. The number of rotatable bonds is 3. The minimum absolute atomic E-state index is 0.00351. The van der Waals surface area contributed by atoms with E-state index in [0.29, 0.717) is 6.42 Å². The Morgan fingerprint density at radius 3 is 2.41 bits per heavy atom. The highest BCUT2D eigenvalue weighted by atomic mass is 19.1. The SMILES string of the molecule is Fc1ccc(C2CC(c3nc4ccccc4[nH]3)=NN2c2ccccc2)cc1. The second kappa shape index (κ2) is 6.36. The molecule has 4 aromatic rings. The van der Waals surface area contributed by atoms with Gasteiger partial charge in [0.25, 0.3) is 0 Å². The Labute approximate surface area is 156 Å². The summed E-state index contributed by atoms with van der Waals surface area (Å²) >= 11 is 0. The third-order valence-electron chi connectivity index (χ3n) is 4.85. The summed E-state index contributed by atoms with van der Waals surface area (Å²) in [7, 11) is 0. The summed E-state index contributed by atoms with van der Waals surface area (Å²) in [6.07, 6.45) is 0.695. The van der Waals surface area contributed by atoms with Crippen LogP contribution in [0.3, 0.4) is 0 Å². The molecule has 1 unspecified atom stereocenters. The smallest absolute Gasteiger partial charge is 0.154 e. The maximum absolute atomic E-state index is 13.4. The Bertz CT molecular complexity index is 1080. The summed E-state index contributed by atoms with van der Waals surface area (Å²) in [6.45, 7) is 0. The zero-order valence-corrected chi connectivity index (χ0v) is 14.5. The van der Waals surface area contributed by atoms with E-state index in [9.17, 15) is 4.39 Å². The van der Waals surface area contributed by atoms with Crippen molar-refractivity contribution in [2.24, 2.45) is 5.10 Å². The van der Waals surface area contributed by atoms with Crippen LogP contribution in [0.5, 0.6) is 0 Å². The number of hydrogen-bond donors (Lipinski definition) is 1. The van der Waals surface area contributed by atoms with Gasteiger partial charge in [0.05, 0.1) is 22.8 Å². The topological polar surface area (TPSA) is 44.3 Å². The Morgan fingerprint density at radius 1 is 0.889 bits per heavy atom. The van der Waals surface area contributed by atoms with Crippen LogP contribution < -0.4 is 5.01 Å². The number of aromatic amines is 1. The third-order valence-corrected chi connectivity index (χ3v) is 4.85. The number of nitrogens with zero attached hydrogens (tertiary/aromatic N) is 3. The molecule has 2 heterocycles. The molecule has 0 saturated carbocycles. The number of nitrogens with one attached hydrogen (secondary N) is 1. The van der Waals surface area contributed by atoms with E-state index in [4.69, 9.17) is 10.1 Å². The van der Waals surface area contributed by atoms with Crippen molar-refractivity contribution in [1.82, 2.24) is 9.97 Å². The first kappa shape index (κ1) is 15.8. The summed E-state index contributed by atoms with van der Waals surface area (Å²) in [6, 6.07) is 24.6. The number of para-hydroxylation sites is 3. The van der Waals surface area contributed by atoms with E-state index in [1.807, 2.05) is 71.7 Å². The van der Waals surface area contributed by atoms with E-state index in [1.54, 1.807) is 0 Å². The van der Waals surface area contributed by atoms with Crippen molar-refractivity contribution < 1.29 is 4.39 Å². The standard InChI is InChI=1S/C22H17FN4/c23-16-12-10-15(11-13-16)21-14-20(26-27(21)17-6-2-1-3-7-17)22-24-18-8-4-5-9-19(18)25-22/h1-13,21H,14H2,(H,24,25). The quantitative estimate of drug-likeness (QED) is 0.558. The maximum atomic E-state index is 13.4. The van der Waals surface area contributed by atoms with Crippen LogP contribution in [0.2, 0.25) is 0 Å². The molecule has 5 rings (SSSR count). The number of anilines is 1. The van der Waals surface area contributed by atoms with Crippen molar-refractivity contribution >= 4 is 22.4 Å². The van der Waals surface area contributed by atoms with Crippen LogP contribution in [0, 0.1) is 5.82 Å². The monoisotopic (exact) mass is 356 g/mol. The lowest BCUT2D eigenvalue weighted by atomic mass is 10.0. The van der Waals surface area contributed by atoms with E-state index in [-0.39, 0.29) is 11.9 Å². The largest absolute Gasteiger partial charge is 0.337 e. The molecule has 0 spiro atoms. The Hall–Kier alpha value is -3.47. The van der Waals surface area contributed by atoms with Gasteiger partial charge in [0.1, 0.15) is 11.5 Å². The van der Waals surface area contributed by atoms with E-state index in [1.165, 1.54) is 12.1 Å². The lowest BCUT2D eigenvalue weighted by Gasteiger charge is -2.23. The molecule has 1 N–H and O–H groups in total. The summed E-state index contributed by atoms with van der Waals surface area (Å²) in [5.41, 5.74) is 4.83. The van der Waals surface area contributed by atoms with Crippen molar-refractivity contribution in [2.45, 2.75) is 12.5 Å². The summed E-state index contributed by atoms with van der Waals surface area (Å²) in [5, 5.41) is 6.86. The van der Waals surface area contributed by atoms with E-state index >= 15 is 0 Å². The normalized spacial score (nSPS) is 16.7. The molecular formula is C22H17FN4. The molecule has 3 aromatic carbocycles. The summed E-state index contributed by atoms with van der Waals surface area (Å²) in [4.78, 5) is 8.05. The van der Waals surface area contributed by atoms with Crippen molar-refractivity contribution in [1.29, 1.82) is 0 Å². The van der Waals surface area contributed by atoms with E-state index in [0.717, 1.165) is 33.8 Å². The highest BCUT2D eigenvalue weighted by molar-refractivity contribution is 6.02. The van der Waals surface area contributed by atoms with Crippen LogP contribution in [0.25, 0.3) is 11.0 Å². The lowest BCUT2D eigenvalue weighted by molar-refractivity contribution is 0.624. The molecule has 0 aliphatic carbocycles. The molecule has 5 heteroatoms. The maximum Gasteiger partial charge on any atom is 0.154 e. The van der Waals surface area contributed by atoms with Gasteiger partial charge in [-0.25, -0.2) is 9.37 Å². The van der Waals surface area contributed by atoms with Gasteiger partial charge >= 0.3 is 0 Å². The molecule has 1 aliphatic rings. The zero-order chi connectivity index (χ0) is 18.2. The Balaban J connectivity index is 1.57. The number of benzene rings is 3. The molecule has 132 valence electrons. The fraction of sp³-hybridized carbons (Fsp3) is 0.0909. The van der Waals surface area contributed by atoms with E-state index in [2.05, 4.69) is 4.98 Å². The van der Waals surface area contributed by atoms with Gasteiger partial charge in [-0.05, 0) is 42.0 Å². The molecule has 1 aromatic heterocycles. The highest BCUT2D eigenvalue weighted by Crippen LogP contribution is 2.36. The third kappa shape index (κ3) is 2.87. The van der Waals surface area contributed by atoms with Crippen molar-refractivity contribution in [3.63, 3.8) is 0 Å². The van der Waals surface area contributed by atoms with Crippen molar-refractivity contribution in [3.8, 4) is 0 Å². The number of fused-ring (bicyclic) bond motifs is 1. The highest BCUT2D eigenvalue weighted by Gasteiger charge is 2.31. The first-order valence-electron chi connectivity index (χ1n) is 8.90. The van der Waals surface area contributed by atoms with Gasteiger partial charge in [-0.1, -0.05) is 42.5 Å². The minimum Gasteiger partial charge on any atom is -0.337 e. The molecule has 0 amide bonds. The van der Waals surface area contributed by atoms with Crippen LogP contribution in [0.4, 0.5) is 10.1 Å². The number of hydrazone groups is 1. The van der Waals surface area contributed by atoms with Gasteiger partial charge in [-0.2, -0.15) is 5.10 Å². The van der Waals surface area contributed by atoms with Crippen LogP contribution in [0.1, 0.15) is 23.9 Å². The van der Waals surface area contributed by atoms with Gasteiger partial charge in [-0.15, -0.1) is 0 Å². The van der Waals surface area contributed by atoms with Gasteiger partial charge in [0.2, 0.25) is 0 Å². The second-order valence-electron chi connectivity index (χ2n) is 6.60. The van der Waals surface area contributed by atoms with Crippen LogP contribution >= 0.6 is 0 Å². The molecule has 0 bridgehead atoms. The van der Waals surface area contributed by atoms with Crippen LogP contribution in [0.15, 0.2) is 84.0 Å². The Kier molecular flexibility index (Phi) is 3.71. The van der Waals surface area contributed by atoms with Crippen LogP contribution in [-0.4, -0.2) is 15.7 Å². The minimum atomic E-state index is -0.235. The molecule has 0 saturated heterocycles. The molecule has 0 radical (unpaired) electrons. The Morgan fingerprint density at radius 2 is 1.63 bits per heavy atom. The molecule has 27 heavy (non-hydrogen) atoms. The van der Waals surface area contributed by atoms with E-state index < -0.39 is 0 Å². The average molecular weight is 356 g/mol. The van der Waals surface area contributed by atoms with Crippen molar-refractivity contribution in [2.75, 3.05) is 5.01 Å². The van der Waals surface area contributed by atoms with Gasteiger partial charge < -0.3 is 4.98 Å². The zero-order valence-electron chi connectivity index (χ0n) is 14.5. The molecule has 0 fully saturated rings. The molecule has 1 atom stereocenters. The summed E-state index contributed by atoms with van der Waals surface area (Å²) < 4.78 is 13.4. The number of hydrogen-bond acceptors (Lipinski definition) is 3. The van der Waals surface area contributed by atoms with Gasteiger partial charge in [0, 0.05) is 6.42 Å². The fourth-order valence-corrected chi connectivity index (χ4v) is 3.51. The number of halogens is 1. The van der Waals surface area contributed by atoms with Crippen LogP contribution in [-0.2, 0) is 0 Å². The summed E-state index contributed by atoms with van der Waals surface area (Å²) in [5.74, 6) is 0.545. The van der Waals surface area contributed by atoms with Gasteiger partial charge in [0.15, 0.2) is 5.82 Å². The average Bonchev–Trinajstić information content (AvgIpc) is 3.34. The number of H-pyrrole nitrogens is 1. The lowest BCUT2D eigenvalue weighted by Crippen LogP contribution is -2.18. The fourth-order valence-electron chi connectivity index (χ4n) is 3.51. The molecule has 1 aliphatic heterocycles. The number of aromatic nitrogens is 2. The predicted octanol–water partition coefficient (Wildman–Crippen LogP) is 5.06. The first-order chi connectivity index (χ1) is 13.3.